The summed E-state index contributed by atoms with van der Waals surface area (Å²) in [7, 11) is 2.06. The lowest BCUT2D eigenvalue weighted by Gasteiger charge is -1.99. The van der Waals surface area contributed by atoms with Crippen molar-refractivity contribution in [3.05, 3.63) is 210 Å². The topological polar surface area (TPSA) is 83.8 Å². The lowest BCUT2D eigenvalue weighted by Crippen LogP contribution is -2.01. The normalized spacial score (nSPS) is 10.0. The van der Waals surface area contributed by atoms with Crippen LogP contribution in [0.2, 0.25) is 5.22 Å². The fourth-order valence-corrected chi connectivity index (χ4v) is 6.47. The SMILES string of the molecule is Cc1cc(C)c(C)o1.Cc1cc(C)n(C)c1.Cc1ccc(-c2ccccc2)o1.Cc1ccc(Br)o1.Cc1ccc(C(F)(F)F)o1.Cc1ccc(Cl)o1.Cc1ccc(F)o1.Cc1csc(C)c1. The molecule has 1 aromatic carbocycles. The van der Waals surface area contributed by atoms with Gasteiger partial charge in [0.1, 0.15) is 46.1 Å². The number of nitrogens with zero attached hydrogens (tertiary/aromatic N) is 1. The number of hydrogen-bond acceptors (Lipinski definition) is 7. The van der Waals surface area contributed by atoms with Crippen LogP contribution in [0.5, 0.6) is 0 Å². The zero-order valence-corrected chi connectivity index (χ0v) is 42.8. The first-order valence-corrected chi connectivity index (χ1v) is 22.5. The molecule has 0 aliphatic rings. The van der Waals surface area contributed by atoms with E-state index in [1.807, 2.05) is 108 Å². The van der Waals surface area contributed by atoms with Gasteiger partial charge in [0, 0.05) is 35.4 Å². The monoisotopic (exact) mass is 1020 g/mol. The van der Waals surface area contributed by atoms with E-state index in [1.54, 1.807) is 30.4 Å². The maximum atomic E-state index is 11.8. The Labute approximate surface area is 403 Å². The average Bonchev–Trinajstić information content (AvgIpc) is 4.14. The number of aryl methyl sites for hydroxylation is 13. The van der Waals surface area contributed by atoms with Crippen molar-refractivity contribution in [3.63, 3.8) is 0 Å². The van der Waals surface area contributed by atoms with Crippen LogP contribution in [0, 0.1) is 89.1 Å². The molecule has 0 saturated heterocycles. The summed E-state index contributed by atoms with van der Waals surface area (Å²) in [5, 5.41) is 2.62. The van der Waals surface area contributed by atoms with Crippen LogP contribution in [0.25, 0.3) is 11.3 Å². The van der Waals surface area contributed by atoms with Gasteiger partial charge in [0.2, 0.25) is 5.76 Å². The van der Waals surface area contributed by atoms with Crippen molar-refractivity contribution in [2.45, 2.75) is 89.3 Å². The molecule has 0 N–H and O–H groups in total. The summed E-state index contributed by atoms with van der Waals surface area (Å²) in [5.74, 6) is 5.65. The summed E-state index contributed by atoms with van der Waals surface area (Å²) in [5.41, 5.74) is 6.41. The van der Waals surface area contributed by atoms with E-state index in [4.69, 9.17) is 29.3 Å². The molecule has 0 spiro atoms. The fraction of sp³-hybridized carbons (Fsp3) is 0.269. The van der Waals surface area contributed by atoms with Crippen molar-refractivity contribution < 1.29 is 44.1 Å². The van der Waals surface area contributed by atoms with Gasteiger partial charge >= 0.3 is 6.18 Å². The molecule has 8 heterocycles. The molecule has 66 heavy (non-hydrogen) atoms. The van der Waals surface area contributed by atoms with Gasteiger partial charge in [-0.3, -0.25) is 0 Å². The molecular weight excluding hydrogens is 958 g/mol. The van der Waals surface area contributed by atoms with E-state index in [-0.39, 0.29) is 5.76 Å². The Morgan fingerprint density at radius 1 is 0.561 bits per heavy atom. The highest BCUT2D eigenvalue weighted by molar-refractivity contribution is 9.10. The van der Waals surface area contributed by atoms with Crippen LogP contribution in [0.15, 0.2) is 152 Å². The molecule has 0 amide bonds. The minimum atomic E-state index is -4.35. The van der Waals surface area contributed by atoms with E-state index in [2.05, 4.69) is 87.8 Å². The highest BCUT2D eigenvalue weighted by Crippen LogP contribution is 2.30. The van der Waals surface area contributed by atoms with Crippen LogP contribution in [0.4, 0.5) is 17.6 Å². The van der Waals surface area contributed by atoms with Crippen LogP contribution in [0.1, 0.15) is 73.3 Å². The van der Waals surface area contributed by atoms with Crippen molar-refractivity contribution in [1.82, 2.24) is 4.57 Å². The summed E-state index contributed by atoms with van der Waals surface area (Å²) >= 11 is 10.4. The standard InChI is InChI=1S/C11H10O.C7H11N.C7H10O.C6H5F3O.C6H8S.C5H5BrO.C5H5ClO.C5H5FO/c1-9-7-8-11(12-9)10-5-3-2-4-6-10;1-6-4-7(2)8(3)5-6;1-5-4-6(2)8-7(5)3;1-4-2-3-5(10-4)6(7,8)9;1-5-3-6(2)7-4-5;3*1-4-2-3-5(6)7-4/h2-8H,1H3;4-5H,1-3H3;4H,1-3H3;2-3H,1H3;3-4H,1-2H3;3*2-3H,1H3. The summed E-state index contributed by atoms with van der Waals surface area (Å²) in [6, 6.07) is 32.3. The molecule has 0 aliphatic heterocycles. The number of thiophene rings is 1. The van der Waals surface area contributed by atoms with Crippen molar-refractivity contribution in [1.29, 1.82) is 0 Å². The highest BCUT2D eigenvalue weighted by atomic mass is 79.9. The minimum Gasteiger partial charge on any atom is -0.466 e. The second-order valence-electron chi connectivity index (χ2n) is 14.8. The summed E-state index contributed by atoms with van der Waals surface area (Å²) in [6.45, 7) is 23.3. The third-order valence-electron chi connectivity index (χ3n) is 8.48. The van der Waals surface area contributed by atoms with Gasteiger partial charge in [0.25, 0.3) is 6.01 Å². The predicted molar refractivity (Wildman–Crippen MR) is 262 cm³/mol. The summed E-state index contributed by atoms with van der Waals surface area (Å²) in [6.07, 6.45) is -2.23. The number of furan rings is 6. The van der Waals surface area contributed by atoms with Crippen LogP contribution < -0.4 is 0 Å². The Bertz CT molecular complexity index is 2390. The van der Waals surface area contributed by atoms with Crippen molar-refractivity contribution in [2.24, 2.45) is 7.05 Å². The molecule has 9 aromatic rings. The van der Waals surface area contributed by atoms with Crippen molar-refractivity contribution in [3.8, 4) is 11.3 Å². The summed E-state index contributed by atoms with van der Waals surface area (Å²) in [4.78, 5) is 1.40. The number of hydrogen-bond donors (Lipinski definition) is 0. The first-order chi connectivity index (χ1) is 30.9. The smallest absolute Gasteiger partial charge is 0.449 e. The van der Waals surface area contributed by atoms with Gasteiger partial charge in [0.05, 0.1) is 0 Å². The van der Waals surface area contributed by atoms with Gasteiger partial charge in [-0.05, 0) is 205 Å². The second kappa shape index (κ2) is 28.4. The van der Waals surface area contributed by atoms with E-state index in [1.165, 1.54) is 46.3 Å². The molecule has 14 heteroatoms. The minimum absolute atomic E-state index is 0.271. The van der Waals surface area contributed by atoms with Gasteiger partial charge in [-0.25, -0.2) is 0 Å². The third-order valence-corrected chi connectivity index (χ3v) is 10.1. The molecule has 0 atom stereocenters. The molecule has 0 aliphatic carbocycles. The van der Waals surface area contributed by atoms with Crippen molar-refractivity contribution >= 4 is 38.9 Å². The van der Waals surface area contributed by atoms with E-state index in [0.717, 1.165) is 50.9 Å². The number of halogens is 6. The van der Waals surface area contributed by atoms with Crippen molar-refractivity contribution in [2.75, 3.05) is 0 Å². The number of benzene rings is 1. The lowest BCUT2D eigenvalue weighted by atomic mass is 10.2. The Hall–Kier alpha value is -5.63. The number of rotatable bonds is 1. The van der Waals surface area contributed by atoms with E-state index in [9.17, 15) is 17.6 Å². The highest BCUT2D eigenvalue weighted by Gasteiger charge is 2.34. The largest absolute Gasteiger partial charge is 0.466 e. The number of aromatic nitrogens is 1. The quantitative estimate of drug-likeness (QED) is 0.152. The maximum absolute atomic E-state index is 11.8. The van der Waals surface area contributed by atoms with Gasteiger partial charge < -0.3 is 31.1 Å². The Morgan fingerprint density at radius 2 is 1.12 bits per heavy atom. The molecule has 0 unspecified atom stereocenters. The Morgan fingerprint density at radius 3 is 1.35 bits per heavy atom. The van der Waals surface area contributed by atoms with E-state index < -0.39 is 18.0 Å². The van der Waals surface area contributed by atoms with Gasteiger partial charge in [-0.2, -0.15) is 17.6 Å². The Kier molecular flexibility index (Phi) is 24.3. The van der Waals surface area contributed by atoms with Crippen LogP contribution in [-0.2, 0) is 13.2 Å². The molecule has 9 rings (SSSR count). The fourth-order valence-electron chi connectivity index (χ4n) is 5.20. The van der Waals surface area contributed by atoms with Gasteiger partial charge in [-0.1, -0.05) is 30.3 Å². The second-order valence-corrected chi connectivity index (χ2v) is 17.1. The van der Waals surface area contributed by atoms with Crippen LogP contribution >= 0.6 is 38.9 Å². The molecular formula is C52H59BrClF4NO6S. The average molecular weight is 1020 g/mol. The summed E-state index contributed by atoms with van der Waals surface area (Å²) < 4.78 is 79.1. The zero-order valence-electron chi connectivity index (χ0n) is 39.6. The molecule has 356 valence electrons. The molecule has 0 radical (unpaired) electrons. The van der Waals surface area contributed by atoms with E-state index >= 15 is 0 Å². The number of alkyl halides is 3. The predicted octanol–water partition coefficient (Wildman–Crippen LogP) is 18.4. The van der Waals surface area contributed by atoms with Crippen LogP contribution in [-0.4, -0.2) is 4.57 Å². The van der Waals surface area contributed by atoms with Gasteiger partial charge in [0.15, 0.2) is 9.89 Å². The molecule has 0 fully saturated rings. The zero-order chi connectivity index (χ0) is 49.6. The van der Waals surface area contributed by atoms with E-state index in [0.29, 0.717) is 11.0 Å². The third kappa shape index (κ3) is 23.5. The first kappa shape index (κ1) is 56.5. The lowest BCUT2D eigenvalue weighted by molar-refractivity contribution is -0.153. The van der Waals surface area contributed by atoms with Crippen LogP contribution in [0.3, 0.4) is 0 Å². The maximum Gasteiger partial charge on any atom is 0.449 e. The molecule has 0 bridgehead atoms. The first-order valence-electron chi connectivity index (χ1n) is 20.5. The van der Waals surface area contributed by atoms with Gasteiger partial charge in [-0.15, -0.1) is 11.3 Å². The molecule has 7 nitrogen and oxygen atoms in total. The molecule has 0 saturated carbocycles. The molecule has 8 aromatic heterocycles. The Balaban J connectivity index is 0.000000261.